The van der Waals surface area contributed by atoms with Crippen LogP contribution in [0.1, 0.15) is 30.9 Å². The summed E-state index contributed by atoms with van der Waals surface area (Å²) in [6.07, 6.45) is 5.73. The van der Waals surface area contributed by atoms with Crippen LogP contribution >= 0.6 is 11.6 Å². The molecule has 2 aliphatic rings. The molecule has 0 saturated heterocycles. The van der Waals surface area contributed by atoms with Gasteiger partial charge in [0.05, 0.1) is 0 Å². The number of nitrogens with one attached hydrogen (secondary N) is 1. The number of hydrogen-bond donors (Lipinski definition) is 1. The Morgan fingerprint density at radius 2 is 1.85 bits per heavy atom. The molecule has 1 atom stereocenters. The van der Waals surface area contributed by atoms with E-state index in [1.807, 2.05) is 36.4 Å². The number of allylic oxidation sites excluding steroid dienone is 2. The monoisotopic (exact) mass is 377 g/mol. The second-order valence-electron chi connectivity index (χ2n) is 6.69. The van der Waals surface area contributed by atoms with E-state index in [2.05, 4.69) is 15.3 Å². The standard InChI is InChI=1S/C20H16ClN5O/c21-14-6-4-13(5-7-14)19-24-20-23-15-2-1-3-16(27)17(15)18(26(20)25-19)12-8-10-22-11-9-12/h4-11,18H,1-3H2,(H,23,24,25). The Morgan fingerprint density at radius 1 is 1.07 bits per heavy atom. The van der Waals surface area contributed by atoms with Crippen molar-refractivity contribution in [3.8, 4) is 11.4 Å². The first-order chi connectivity index (χ1) is 13.2. The largest absolute Gasteiger partial charge is 0.328 e. The lowest BCUT2D eigenvalue weighted by molar-refractivity contribution is -0.116. The van der Waals surface area contributed by atoms with Crippen molar-refractivity contribution in [3.63, 3.8) is 0 Å². The predicted octanol–water partition coefficient (Wildman–Crippen LogP) is 4.02. The Labute approximate surface area is 160 Å². The van der Waals surface area contributed by atoms with Gasteiger partial charge in [-0.2, -0.15) is 4.98 Å². The van der Waals surface area contributed by atoms with Crippen LogP contribution in [-0.4, -0.2) is 25.5 Å². The highest BCUT2D eigenvalue weighted by Crippen LogP contribution is 2.40. The van der Waals surface area contributed by atoms with Gasteiger partial charge in [-0.1, -0.05) is 11.6 Å². The van der Waals surface area contributed by atoms with Crippen molar-refractivity contribution in [3.05, 3.63) is 70.6 Å². The number of rotatable bonds is 2. The summed E-state index contributed by atoms with van der Waals surface area (Å²) in [5, 5.41) is 8.73. The molecule has 0 saturated carbocycles. The highest BCUT2D eigenvalue weighted by Gasteiger charge is 2.36. The molecular formula is C20H16ClN5O. The number of hydrogen-bond acceptors (Lipinski definition) is 5. The summed E-state index contributed by atoms with van der Waals surface area (Å²) in [5.41, 5.74) is 3.59. The Hall–Kier alpha value is -2.99. The fourth-order valence-corrected chi connectivity index (χ4v) is 3.86. The topological polar surface area (TPSA) is 72.7 Å². The number of nitrogens with zero attached hydrogens (tertiary/aromatic N) is 4. The van der Waals surface area contributed by atoms with Crippen LogP contribution in [0.2, 0.25) is 5.02 Å². The van der Waals surface area contributed by atoms with Crippen molar-refractivity contribution in [2.75, 3.05) is 5.32 Å². The molecule has 2 aromatic heterocycles. The zero-order valence-electron chi connectivity index (χ0n) is 14.4. The molecule has 3 aromatic rings. The molecule has 1 unspecified atom stereocenters. The molecule has 5 rings (SSSR count). The fourth-order valence-electron chi connectivity index (χ4n) is 3.73. The Bertz CT molecular complexity index is 1060. The van der Waals surface area contributed by atoms with Crippen LogP contribution in [0.4, 0.5) is 5.95 Å². The summed E-state index contributed by atoms with van der Waals surface area (Å²) >= 11 is 5.99. The molecule has 0 radical (unpaired) electrons. The van der Waals surface area contributed by atoms with E-state index < -0.39 is 0 Å². The molecule has 1 aliphatic carbocycles. The molecule has 0 amide bonds. The zero-order chi connectivity index (χ0) is 18.4. The third-order valence-corrected chi connectivity index (χ3v) is 5.24. The lowest BCUT2D eigenvalue weighted by Gasteiger charge is -2.32. The molecule has 0 fully saturated rings. The number of anilines is 1. The van der Waals surface area contributed by atoms with Gasteiger partial charge in [-0.05, 0) is 54.8 Å². The average Bonchev–Trinajstić information content (AvgIpc) is 3.11. The van der Waals surface area contributed by atoms with Gasteiger partial charge in [-0.15, -0.1) is 5.10 Å². The Balaban J connectivity index is 1.67. The average molecular weight is 378 g/mol. The molecule has 1 aromatic carbocycles. The van der Waals surface area contributed by atoms with Gasteiger partial charge >= 0.3 is 0 Å². The molecule has 0 bridgehead atoms. The van der Waals surface area contributed by atoms with Gasteiger partial charge in [0.25, 0.3) is 0 Å². The minimum Gasteiger partial charge on any atom is -0.328 e. The van der Waals surface area contributed by atoms with Crippen LogP contribution in [0.5, 0.6) is 0 Å². The Kier molecular flexibility index (Phi) is 3.79. The van der Waals surface area contributed by atoms with E-state index in [0.717, 1.165) is 35.2 Å². The first kappa shape index (κ1) is 16.2. The van der Waals surface area contributed by atoms with Gasteiger partial charge in [0.15, 0.2) is 11.6 Å². The summed E-state index contributed by atoms with van der Waals surface area (Å²) < 4.78 is 1.81. The van der Waals surface area contributed by atoms with E-state index in [1.165, 1.54) is 0 Å². The van der Waals surface area contributed by atoms with Gasteiger partial charge in [0, 0.05) is 40.7 Å². The number of carbonyl (C=O) groups excluding carboxylic acids is 1. The second kappa shape index (κ2) is 6.32. The van der Waals surface area contributed by atoms with Crippen molar-refractivity contribution in [2.45, 2.75) is 25.3 Å². The van der Waals surface area contributed by atoms with Crippen LogP contribution in [0.25, 0.3) is 11.4 Å². The van der Waals surface area contributed by atoms with Crippen molar-refractivity contribution in [1.82, 2.24) is 19.7 Å². The number of aromatic nitrogens is 4. The van der Waals surface area contributed by atoms with Crippen molar-refractivity contribution in [2.24, 2.45) is 0 Å². The van der Waals surface area contributed by atoms with Crippen LogP contribution in [0, 0.1) is 0 Å². The molecule has 3 heterocycles. The maximum absolute atomic E-state index is 12.7. The van der Waals surface area contributed by atoms with Crippen molar-refractivity contribution < 1.29 is 4.79 Å². The third kappa shape index (κ3) is 2.73. The number of ketones is 1. The summed E-state index contributed by atoms with van der Waals surface area (Å²) in [5.74, 6) is 1.41. The van der Waals surface area contributed by atoms with E-state index in [1.54, 1.807) is 17.1 Å². The first-order valence-corrected chi connectivity index (χ1v) is 9.24. The molecule has 0 spiro atoms. The number of pyridine rings is 1. The molecule has 134 valence electrons. The normalized spacial score (nSPS) is 18.7. The summed E-state index contributed by atoms with van der Waals surface area (Å²) in [7, 11) is 0. The van der Waals surface area contributed by atoms with Crippen molar-refractivity contribution >= 4 is 23.3 Å². The second-order valence-corrected chi connectivity index (χ2v) is 7.12. The lowest BCUT2D eigenvalue weighted by atomic mass is 9.86. The van der Waals surface area contributed by atoms with Gasteiger partial charge in [-0.25, -0.2) is 4.68 Å². The van der Waals surface area contributed by atoms with E-state index in [-0.39, 0.29) is 11.8 Å². The van der Waals surface area contributed by atoms with Gasteiger partial charge < -0.3 is 5.32 Å². The summed E-state index contributed by atoms with van der Waals surface area (Å²) in [4.78, 5) is 21.5. The summed E-state index contributed by atoms with van der Waals surface area (Å²) in [6, 6.07) is 11.0. The van der Waals surface area contributed by atoms with Gasteiger partial charge in [0.1, 0.15) is 6.04 Å². The molecule has 6 nitrogen and oxygen atoms in total. The minimum atomic E-state index is -0.291. The SMILES string of the molecule is O=C1CCCC2=C1C(c1ccncc1)n1nc(-c3ccc(Cl)cc3)nc1N2. The number of halogens is 1. The van der Waals surface area contributed by atoms with Gasteiger partial charge in [-0.3, -0.25) is 9.78 Å². The lowest BCUT2D eigenvalue weighted by Crippen LogP contribution is -2.31. The smallest absolute Gasteiger partial charge is 0.226 e. The molecule has 1 aliphatic heterocycles. The first-order valence-electron chi connectivity index (χ1n) is 8.86. The van der Waals surface area contributed by atoms with Crippen molar-refractivity contribution in [1.29, 1.82) is 0 Å². The zero-order valence-corrected chi connectivity index (χ0v) is 15.1. The quantitative estimate of drug-likeness (QED) is 0.730. The van der Waals surface area contributed by atoms with E-state index >= 15 is 0 Å². The van der Waals surface area contributed by atoms with Crippen LogP contribution in [-0.2, 0) is 4.79 Å². The molecule has 27 heavy (non-hydrogen) atoms. The number of carbonyl (C=O) groups is 1. The fraction of sp³-hybridized carbons (Fsp3) is 0.200. The summed E-state index contributed by atoms with van der Waals surface area (Å²) in [6.45, 7) is 0. The van der Waals surface area contributed by atoms with Crippen LogP contribution < -0.4 is 5.32 Å². The minimum absolute atomic E-state index is 0.166. The maximum Gasteiger partial charge on any atom is 0.226 e. The molecule has 1 N–H and O–H groups in total. The number of fused-ring (bicyclic) bond motifs is 1. The number of benzene rings is 1. The predicted molar refractivity (Wildman–Crippen MR) is 102 cm³/mol. The third-order valence-electron chi connectivity index (χ3n) is 4.99. The number of Topliss-reactive ketones (excluding diaryl/α,β-unsaturated/α-hetero) is 1. The van der Waals surface area contributed by atoms with Gasteiger partial charge in [0.2, 0.25) is 5.95 Å². The highest BCUT2D eigenvalue weighted by molar-refractivity contribution is 6.30. The van der Waals surface area contributed by atoms with Crippen LogP contribution in [0.3, 0.4) is 0 Å². The van der Waals surface area contributed by atoms with E-state index in [9.17, 15) is 4.79 Å². The molecular weight excluding hydrogens is 362 g/mol. The van der Waals surface area contributed by atoms with E-state index in [4.69, 9.17) is 16.7 Å². The maximum atomic E-state index is 12.7. The highest BCUT2D eigenvalue weighted by atomic mass is 35.5. The van der Waals surface area contributed by atoms with E-state index in [0.29, 0.717) is 23.2 Å². The Morgan fingerprint density at radius 3 is 2.63 bits per heavy atom. The molecule has 7 heteroatoms. The van der Waals surface area contributed by atoms with Crippen LogP contribution in [0.15, 0.2) is 60.1 Å².